The number of para-hydroxylation sites is 2. The van der Waals surface area contributed by atoms with Crippen LogP contribution in [0.3, 0.4) is 0 Å². The fraction of sp³-hybridized carbons (Fsp3) is 0. The maximum Gasteiger partial charge on any atom is 0.211 e. The molecule has 2 N–H and O–H groups in total. The lowest BCUT2D eigenvalue weighted by Crippen LogP contribution is -3.00. The number of aromatic amines is 1. The lowest BCUT2D eigenvalue weighted by atomic mass is 9.87. The van der Waals surface area contributed by atoms with E-state index < -0.39 is 0 Å². The van der Waals surface area contributed by atoms with Crippen LogP contribution in [-0.2, 0) is 0 Å². The number of halogens is 1. The van der Waals surface area contributed by atoms with Gasteiger partial charge in [-0.15, -0.1) is 0 Å². The largest absolute Gasteiger partial charge is 1.00 e. The van der Waals surface area contributed by atoms with Gasteiger partial charge in [-0.05, 0) is 28.5 Å². The fourth-order valence-electron chi connectivity index (χ4n) is 4.44. The van der Waals surface area contributed by atoms with Crippen LogP contribution in [0.1, 0.15) is 16.7 Å². The first kappa shape index (κ1) is 18.4. The Kier molecular flexibility index (Phi) is 4.50. The number of hydrogen-bond acceptors (Lipinski definition) is 0. The third-order valence-corrected chi connectivity index (χ3v) is 5.78. The van der Waals surface area contributed by atoms with Crippen LogP contribution in [0.25, 0.3) is 32.8 Å². The van der Waals surface area contributed by atoms with E-state index in [1.54, 1.807) is 0 Å². The highest BCUT2D eigenvalue weighted by molar-refractivity contribution is 6.26. The van der Waals surface area contributed by atoms with Gasteiger partial charge in [0.15, 0.2) is 6.21 Å². The Morgan fingerprint density at radius 3 is 2.33 bits per heavy atom. The number of rotatable bonds is 2. The Morgan fingerprint density at radius 2 is 1.40 bits per heavy atom. The Balaban J connectivity index is 0.00000193. The summed E-state index contributed by atoms with van der Waals surface area (Å²) in [7, 11) is 0. The maximum absolute atomic E-state index is 3.47. The van der Waals surface area contributed by atoms with Crippen LogP contribution in [0.4, 0.5) is 5.69 Å². The van der Waals surface area contributed by atoms with Crippen molar-refractivity contribution in [3.05, 3.63) is 114 Å². The highest BCUT2D eigenvalue weighted by Gasteiger charge is 2.25. The standard InChI is InChI=1S/C27H18N2.ClH/c1-2-10-19-18(8-1)9-7-13-22(19)27(23-16-28-25-14-5-3-11-20(23)25)24-17-29-26-15-6-4-12-21(24)26;/h1-17,28H;1H. The molecular weight excluding hydrogens is 388 g/mol. The zero-order chi connectivity index (χ0) is 19.2. The normalized spacial score (nSPS) is 14.0. The van der Waals surface area contributed by atoms with Crippen LogP contribution in [0.5, 0.6) is 0 Å². The highest BCUT2D eigenvalue weighted by Crippen LogP contribution is 2.39. The van der Waals surface area contributed by atoms with Gasteiger partial charge in [-0.3, -0.25) is 0 Å². The van der Waals surface area contributed by atoms with E-state index in [1.165, 1.54) is 44.0 Å². The van der Waals surface area contributed by atoms with Crippen molar-refractivity contribution < 1.29 is 17.4 Å². The van der Waals surface area contributed by atoms with Crippen molar-refractivity contribution in [3.8, 4) is 0 Å². The molecule has 1 aliphatic rings. The lowest BCUT2D eigenvalue weighted by molar-refractivity contribution is -0.342. The van der Waals surface area contributed by atoms with Gasteiger partial charge in [0, 0.05) is 34.3 Å². The summed E-state index contributed by atoms with van der Waals surface area (Å²) in [5, 5.41) is 3.75. The monoisotopic (exact) mass is 406 g/mol. The summed E-state index contributed by atoms with van der Waals surface area (Å²) in [6.07, 6.45) is 4.28. The molecule has 30 heavy (non-hydrogen) atoms. The number of H-pyrrole nitrogens is 1. The van der Waals surface area contributed by atoms with Crippen LogP contribution in [-0.4, -0.2) is 11.2 Å². The first-order chi connectivity index (χ1) is 14.4. The molecule has 5 aromatic rings. The minimum atomic E-state index is 0. The summed E-state index contributed by atoms with van der Waals surface area (Å²) in [5.41, 5.74) is 8.48. The van der Waals surface area contributed by atoms with Gasteiger partial charge in [0.2, 0.25) is 5.69 Å². The van der Waals surface area contributed by atoms with E-state index in [-0.39, 0.29) is 12.4 Å². The SMILES string of the molecule is C1=[NH+]c2ccccc2C1=C(c1cccc2ccccc12)c1c[nH]c2ccccc12.[Cl-]. The van der Waals surface area contributed by atoms with E-state index >= 15 is 0 Å². The Morgan fingerprint density at radius 1 is 0.667 bits per heavy atom. The first-order valence-electron chi connectivity index (χ1n) is 9.88. The quantitative estimate of drug-likeness (QED) is 0.449. The van der Waals surface area contributed by atoms with Gasteiger partial charge < -0.3 is 17.4 Å². The molecule has 0 amide bonds. The fourth-order valence-corrected chi connectivity index (χ4v) is 4.44. The number of hydrogen-bond donors (Lipinski definition) is 2. The van der Waals surface area contributed by atoms with Crippen molar-refractivity contribution in [3.63, 3.8) is 0 Å². The minimum absolute atomic E-state index is 0. The summed E-state index contributed by atoms with van der Waals surface area (Å²) < 4.78 is 0. The number of aromatic nitrogens is 1. The Labute approximate surface area is 181 Å². The van der Waals surface area contributed by atoms with Gasteiger partial charge in [0.1, 0.15) is 0 Å². The Bertz CT molecular complexity index is 1450. The van der Waals surface area contributed by atoms with Crippen molar-refractivity contribution in [1.29, 1.82) is 0 Å². The molecule has 0 saturated carbocycles. The third kappa shape index (κ3) is 2.77. The molecule has 0 fully saturated rings. The second-order valence-electron chi connectivity index (χ2n) is 7.40. The molecule has 0 radical (unpaired) electrons. The van der Waals surface area contributed by atoms with E-state index in [0.29, 0.717) is 0 Å². The molecule has 0 atom stereocenters. The van der Waals surface area contributed by atoms with Gasteiger partial charge in [-0.2, -0.15) is 0 Å². The number of allylic oxidation sites excluding steroid dienone is 1. The first-order valence-corrected chi connectivity index (χ1v) is 9.88. The van der Waals surface area contributed by atoms with E-state index in [4.69, 9.17) is 0 Å². The molecule has 4 aromatic carbocycles. The molecule has 0 bridgehead atoms. The van der Waals surface area contributed by atoms with Crippen LogP contribution >= 0.6 is 0 Å². The van der Waals surface area contributed by atoms with E-state index in [9.17, 15) is 0 Å². The molecule has 0 unspecified atom stereocenters. The summed E-state index contributed by atoms with van der Waals surface area (Å²) >= 11 is 0. The minimum Gasteiger partial charge on any atom is -1.00 e. The van der Waals surface area contributed by atoms with Crippen LogP contribution < -0.4 is 17.4 Å². The van der Waals surface area contributed by atoms with Crippen molar-refractivity contribution in [2.75, 3.05) is 0 Å². The predicted octanol–water partition coefficient (Wildman–Crippen LogP) is 2.08. The molecule has 144 valence electrons. The number of benzene rings is 4. The summed E-state index contributed by atoms with van der Waals surface area (Å²) in [6.45, 7) is 0. The van der Waals surface area contributed by atoms with Crippen molar-refractivity contribution >= 4 is 44.7 Å². The zero-order valence-electron chi connectivity index (χ0n) is 16.2. The molecule has 2 nitrogen and oxygen atoms in total. The molecule has 6 rings (SSSR count). The highest BCUT2D eigenvalue weighted by atomic mass is 35.5. The summed E-state index contributed by atoms with van der Waals surface area (Å²) in [4.78, 5) is 6.93. The predicted molar refractivity (Wildman–Crippen MR) is 121 cm³/mol. The topological polar surface area (TPSA) is 29.8 Å². The second kappa shape index (κ2) is 7.33. The average Bonchev–Trinajstić information content (AvgIpc) is 3.40. The van der Waals surface area contributed by atoms with E-state index in [0.717, 1.165) is 11.2 Å². The summed E-state index contributed by atoms with van der Waals surface area (Å²) in [6, 6.07) is 32.2. The molecule has 2 heterocycles. The molecule has 0 aliphatic carbocycles. The van der Waals surface area contributed by atoms with Gasteiger partial charge in [0.05, 0.1) is 11.1 Å². The number of fused-ring (bicyclic) bond motifs is 3. The van der Waals surface area contributed by atoms with Gasteiger partial charge >= 0.3 is 0 Å². The number of nitrogens with one attached hydrogen (secondary N) is 2. The zero-order valence-corrected chi connectivity index (χ0v) is 16.9. The lowest BCUT2D eigenvalue weighted by Gasteiger charge is -2.13. The van der Waals surface area contributed by atoms with Gasteiger partial charge in [-0.1, -0.05) is 72.8 Å². The van der Waals surface area contributed by atoms with Crippen molar-refractivity contribution in [1.82, 2.24) is 4.98 Å². The maximum atomic E-state index is 3.47. The van der Waals surface area contributed by atoms with Crippen LogP contribution in [0, 0.1) is 0 Å². The van der Waals surface area contributed by atoms with Gasteiger partial charge in [-0.25, -0.2) is 4.99 Å². The molecular formula is C27H19ClN2. The average molecular weight is 407 g/mol. The van der Waals surface area contributed by atoms with Crippen molar-refractivity contribution in [2.45, 2.75) is 0 Å². The smallest absolute Gasteiger partial charge is 0.211 e. The van der Waals surface area contributed by atoms with Crippen molar-refractivity contribution in [2.24, 2.45) is 0 Å². The van der Waals surface area contributed by atoms with Crippen LogP contribution in [0.15, 0.2) is 97.2 Å². The van der Waals surface area contributed by atoms with Crippen LogP contribution in [0.2, 0.25) is 0 Å². The molecule has 0 spiro atoms. The van der Waals surface area contributed by atoms with Gasteiger partial charge in [0.25, 0.3) is 0 Å². The third-order valence-electron chi connectivity index (χ3n) is 5.78. The Hall–Kier alpha value is -3.62. The molecule has 1 aromatic heterocycles. The molecule has 0 saturated heterocycles. The summed E-state index contributed by atoms with van der Waals surface area (Å²) in [5.74, 6) is 0. The van der Waals surface area contributed by atoms with E-state index in [2.05, 4.69) is 113 Å². The molecule has 1 aliphatic heterocycles. The van der Waals surface area contributed by atoms with E-state index in [1.807, 2.05) is 0 Å². The second-order valence-corrected chi connectivity index (χ2v) is 7.40. The molecule has 3 heteroatoms.